The van der Waals surface area contributed by atoms with Gasteiger partial charge in [-0.15, -0.1) is 5.10 Å². The highest BCUT2D eigenvalue weighted by molar-refractivity contribution is 5.80. The van der Waals surface area contributed by atoms with Crippen LogP contribution in [0, 0.1) is 0 Å². The van der Waals surface area contributed by atoms with Crippen LogP contribution in [0.25, 0.3) is 0 Å². The molecule has 2 heterocycles. The van der Waals surface area contributed by atoms with Crippen molar-refractivity contribution in [2.75, 3.05) is 19.6 Å². The summed E-state index contributed by atoms with van der Waals surface area (Å²) < 4.78 is 1.53. The number of rotatable bonds is 7. The number of aromatic nitrogens is 4. The molecule has 1 aromatic carbocycles. The zero-order valence-corrected chi connectivity index (χ0v) is 14.0. The van der Waals surface area contributed by atoms with Crippen molar-refractivity contribution in [3.05, 3.63) is 42.2 Å². The van der Waals surface area contributed by atoms with Gasteiger partial charge in [0.25, 0.3) is 0 Å². The highest BCUT2D eigenvalue weighted by Crippen LogP contribution is 2.14. The van der Waals surface area contributed by atoms with Crippen molar-refractivity contribution in [3.8, 4) is 0 Å². The summed E-state index contributed by atoms with van der Waals surface area (Å²) >= 11 is 0. The number of amides is 1. The normalized spacial score (nSPS) is 17.5. The first kappa shape index (κ1) is 16.6. The molecule has 1 aliphatic rings. The monoisotopic (exact) mass is 328 g/mol. The van der Waals surface area contributed by atoms with Crippen LogP contribution in [0.4, 0.5) is 0 Å². The lowest BCUT2D eigenvalue weighted by Crippen LogP contribution is -2.43. The summed E-state index contributed by atoms with van der Waals surface area (Å²) in [4.78, 5) is 15.1. The maximum atomic E-state index is 12.7. The van der Waals surface area contributed by atoms with Gasteiger partial charge in [0.2, 0.25) is 5.91 Å². The van der Waals surface area contributed by atoms with Gasteiger partial charge in [0.1, 0.15) is 12.4 Å². The topological polar surface area (TPSA) is 75.9 Å². The molecule has 0 unspecified atom stereocenters. The maximum absolute atomic E-state index is 12.7. The summed E-state index contributed by atoms with van der Waals surface area (Å²) in [5.41, 5.74) is 1.08. The molecule has 0 radical (unpaired) electrons. The van der Waals surface area contributed by atoms with Gasteiger partial charge in [0.15, 0.2) is 0 Å². The van der Waals surface area contributed by atoms with Gasteiger partial charge in [0, 0.05) is 19.0 Å². The fraction of sp³-hybridized carbons (Fsp3) is 0.529. The molecule has 1 N–H and O–H groups in total. The lowest BCUT2D eigenvalue weighted by atomic mass is 10.1. The number of likely N-dealkylation sites (tertiary alicyclic amines) is 1. The lowest BCUT2D eigenvalue weighted by molar-refractivity contribution is -0.124. The quantitative estimate of drug-likeness (QED) is 0.822. The van der Waals surface area contributed by atoms with Crippen LogP contribution >= 0.6 is 0 Å². The third-order valence-electron chi connectivity index (χ3n) is 4.59. The van der Waals surface area contributed by atoms with Crippen LogP contribution in [0.5, 0.6) is 0 Å². The SMILES string of the molecule is C[C@H](CNC(=O)[C@@H](Cc1ccccc1)n1cnnn1)N1CCCC1. The molecule has 0 aliphatic carbocycles. The van der Waals surface area contributed by atoms with Crippen LogP contribution in [0.1, 0.15) is 31.4 Å². The molecule has 24 heavy (non-hydrogen) atoms. The van der Waals surface area contributed by atoms with Gasteiger partial charge in [-0.05, 0) is 48.8 Å². The molecule has 0 saturated carbocycles. The van der Waals surface area contributed by atoms with E-state index >= 15 is 0 Å². The fourth-order valence-electron chi connectivity index (χ4n) is 3.13. The molecule has 7 heteroatoms. The summed E-state index contributed by atoms with van der Waals surface area (Å²) in [6.07, 6.45) is 4.56. The number of nitrogens with one attached hydrogen (secondary N) is 1. The van der Waals surface area contributed by atoms with Crippen molar-refractivity contribution in [1.29, 1.82) is 0 Å². The van der Waals surface area contributed by atoms with E-state index < -0.39 is 6.04 Å². The minimum atomic E-state index is -0.437. The molecule has 1 aromatic heterocycles. The highest BCUT2D eigenvalue weighted by atomic mass is 16.2. The average molecular weight is 328 g/mol. The maximum Gasteiger partial charge on any atom is 0.245 e. The Bertz CT molecular complexity index is 624. The predicted octanol–water partition coefficient (Wildman–Crippen LogP) is 1.06. The number of hydrogen-bond donors (Lipinski definition) is 1. The Kier molecular flexibility index (Phi) is 5.53. The molecule has 1 fully saturated rings. The number of benzene rings is 1. The Balaban J connectivity index is 1.63. The zero-order valence-electron chi connectivity index (χ0n) is 14.0. The number of nitrogens with zero attached hydrogens (tertiary/aromatic N) is 5. The van der Waals surface area contributed by atoms with Crippen molar-refractivity contribution in [2.24, 2.45) is 0 Å². The molecule has 0 spiro atoms. The molecule has 0 bridgehead atoms. The molecule has 1 aliphatic heterocycles. The van der Waals surface area contributed by atoms with Crippen LogP contribution < -0.4 is 5.32 Å². The minimum Gasteiger partial charge on any atom is -0.353 e. The number of carbonyl (C=O) groups is 1. The Morgan fingerprint density at radius 3 is 2.67 bits per heavy atom. The number of carbonyl (C=O) groups excluding carboxylic acids is 1. The second-order valence-corrected chi connectivity index (χ2v) is 6.33. The van der Waals surface area contributed by atoms with Gasteiger partial charge in [-0.3, -0.25) is 9.69 Å². The minimum absolute atomic E-state index is 0.0443. The third-order valence-corrected chi connectivity index (χ3v) is 4.59. The van der Waals surface area contributed by atoms with Crippen molar-refractivity contribution < 1.29 is 4.79 Å². The lowest BCUT2D eigenvalue weighted by Gasteiger charge is -2.25. The van der Waals surface area contributed by atoms with Crippen LogP contribution in [0.2, 0.25) is 0 Å². The van der Waals surface area contributed by atoms with E-state index in [1.165, 1.54) is 23.9 Å². The van der Waals surface area contributed by atoms with E-state index in [-0.39, 0.29) is 5.91 Å². The average Bonchev–Trinajstić information content (AvgIpc) is 3.31. The molecule has 2 aromatic rings. The fourth-order valence-corrected chi connectivity index (χ4v) is 3.13. The number of hydrogen-bond acceptors (Lipinski definition) is 5. The zero-order chi connectivity index (χ0) is 16.8. The molecule has 1 saturated heterocycles. The van der Waals surface area contributed by atoms with E-state index in [2.05, 4.69) is 32.7 Å². The number of tetrazole rings is 1. The van der Waals surface area contributed by atoms with Crippen molar-refractivity contribution in [2.45, 2.75) is 38.3 Å². The van der Waals surface area contributed by atoms with Crippen LogP contribution in [-0.2, 0) is 11.2 Å². The largest absolute Gasteiger partial charge is 0.353 e. The van der Waals surface area contributed by atoms with E-state index in [0.717, 1.165) is 18.7 Å². The van der Waals surface area contributed by atoms with Gasteiger partial charge < -0.3 is 5.32 Å². The predicted molar refractivity (Wildman–Crippen MR) is 90.3 cm³/mol. The Labute approximate surface area is 142 Å². The first-order valence-electron chi connectivity index (χ1n) is 8.52. The van der Waals surface area contributed by atoms with Crippen LogP contribution in [0.15, 0.2) is 36.7 Å². The van der Waals surface area contributed by atoms with Gasteiger partial charge >= 0.3 is 0 Å². The molecular weight excluding hydrogens is 304 g/mol. The highest BCUT2D eigenvalue weighted by Gasteiger charge is 2.24. The molecule has 128 valence electrons. The standard InChI is InChI=1S/C17H24N6O/c1-14(22-9-5-6-10-22)12-18-17(24)16(23-13-19-20-21-23)11-15-7-3-2-4-8-15/h2-4,7-8,13-14,16H,5-6,9-12H2,1H3,(H,18,24)/t14-,16-/m1/s1. The molecule has 3 rings (SSSR count). The molecule has 1 amide bonds. The summed E-state index contributed by atoms with van der Waals surface area (Å²) in [7, 11) is 0. The first-order chi connectivity index (χ1) is 11.7. The van der Waals surface area contributed by atoms with Gasteiger partial charge in [-0.2, -0.15) is 0 Å². The first-order valence-corrected chi connectivity index (χ1v) is 8.52. The molecular formula is C17H24N6O. The van der Waals surface area contributed by atoms with E-state index in [9.17, 15) is 4.79 Å². The van der Waals surface area contributed by atoms with Gasteiger partial charge in [0.05, 0.1) is 0 Å². The second-order valence-electron chi connectivity index (χ2n) is 6.33. The summed E-state index contributed by atoms with van der Waals surface area (Å²) in [6, 6.07) is 9.84. The van der Waals surface area contributed by atoms with Crippen molar-refractivity contribution >= 4 is 5.91 Å². The molecule has 2 atom stereocenters. The van der Waals surface area contributed by atoms with Crippen LogP contribution in [0.3, 0.4) is 0 Å². The Morgan fingerprint density at radius 2 is 2.00 bits per heavy atom. The van der Waals surface area contributed by atoms with E-state index in [1.54, 1.807) is 0 Å². The third kappa shape index (κ3) is 4.17. The van der Waals surface area contributed by atoms with E-state index in [4.69, 9.17) is 0 Å². The van der Waals surface area contributed by atoms with Crippen molar-refractivity contribution in [1.82, 2.24) is 30.4 Å². The molecule has 7 nitrogen and oxygen atoms in total. The van der Waals surface area contributed by atoms with Crippen molar-refractivity contribution in [3.63, 3.8) is 0 Å². The second kappa shape index (κ2) is 8.01. The van der Waals surface area contributed by atoms with E-state index in [0.29, 0.717) is 19.0 Å². The van der Waals surface area contributed by atoms with Gasteiger partial charge in [-0.1, -0.05) is 30.3 Å². The van der Waals surface area contributed by atoms with Crippen LogP contribution in [-0.4, -0.2) is 56.7 Å². The summed E-state index contributed by atoms with van der Waals surface area (Å²) in [6.45, 7) is 5.05. The van der Waals surface area contributed by atoms with E-state index in [1.807, 2.05) is 30.3 Å². The Hall–Kier alpha value is -2.28. The van der Waals surface area contributed by atoms with Gasteiger partial charge in [-0.25, -0.2) is 4.68 Å². The summed E-state index contributed by atoms with van der Waals surface area (Å²) in [5, 5.41) is 14.3. The Morgan fingerprint density at radius 1 is 1.25 bits per heavy atom. The summed E-state index contributed by atoms with van der Waals surface area (Å²) in [5.74, 6) is -0.0443. The smallest absolute Gasteiger partial charge is 0.245 e.